The van der Waals surface area contributed by atoms with E-state index in [1.54, 1.807) is 13.4 Å². The van der Waals surface area contributed by atoms with Gasteiger partial charge >= 0.3 is 0 Å². The summed E-state index contributed by atoms with van der Waals surface area (Å²) in [5, 5.41) is 0. The molecule has 0 aromatic heterocycles. The largest absolute Gasteiger partial charge is 0.504 e. The summed E-state index contributed by atoms with van der Waals surface area (Å²) < 4.78 is 22.5. The molecule has 0 aliphatic carbocycles. The van der Waals surface area contributed by atoms with E-state index >= 15 is 0 Å². The van der Waals surface area contributed by atoms with Gasteiger partial charge in [-0.3, -0.25) is 0 Å². The molecule has 1 fully saturated rings. The van der Waals surface area contributed by atoms with Crippen molar-refractivity contribution in [1.29, 1.82) is 0 Å². The van der Waals surface area contributed by atoms with Crippen LogP contribution in [0.5, 0.6) is 5.75 Å². The summed E-state index contributed by atoms with van der Waals surface area (Å²) in [6, 6.07) is 16.5. The predicted molar refractivity (Wildman–Crippen MR) is 103 cm³/mol. The molecule has 1 aliphatic rings. The van der Waals surface area contributed by atoms with Crippen LogP contribution in [0.2, 0.25) is 0 Å². The average Bonchev–Trinajstić information content (AvgIpc) is 3.21. The molecule has 0 radical (unpaired) electrons. The third kappa shape index (κ3) is 4.45. The molecule has 3 rings (SSSR count). The zero-order valence-corrected chi connectivity index (χ0v) is 15.6. The Morgan fingerprint density at radius 3 is 2.46 bits per heavy atom. The maximum absolute atomic E-state index is 6.14. The van der Waals surface area contributed by atoms with Crippen LogP contribution in [0.4, 0.5) is 0 Å². The van der Waals surface area contributed by atoms with Gasteiger partial charge in [-0.15, -0.1) is 0 Å². The van der Waals surface area contributed by atoms with Gasteiger partial charge in [-0.25, -0.2) is 0 Å². The summed E-state index contributed by atoms with van der Waals surface area (Å²) in [5.74, 6) is 0.809. The van der Waals surface area contributed by atoms with E-state index in [9.17, 15) is 0 Å². The van der Waals surface area contributed by atoms with Crippen LogP contribution in [-0.2, 0) is 14.2 Å². The van der Waals surface area contributed by atoms with E-state index in [1.165, 1.54) is 5.56 Å². The first-order chi connectivity index (χ1) is 12.6. The Labute approximate surface area is 155 Å². The summed E-state index contributed by atoms with van der Waals surface area (Å²) in [5.41, 5.74) is 3.03. The zero-order chi connectivity index (χ0) is 18.4. The molecule has 2 aromatic rings. The highest BCUT2D eigenvalue weighted by molar-refractivity contribution is 5.70. The summed E-state index contributed by atoms with van der Waals surface area (Å²) in [6.07, 6.45) is 3.34. The van der Waals surface area contributed by atoms with Crippen molar-refractivity contribution in [2.24, 2.45) is 5.41 Å². The number of methoxy groups -OCH3 is 1. The quantitative estimate of drug-likeness (QED) is 0.673. The van der Waals surface area contributed by atoms with Crippen LogP contribution in [0.25, 0.3) is 17.2 Å². The van der Waals surface area contributed by atoms with Crippen molar-refractivity contribution in [2.45, 2.75) is 20.1 Å². The molecule has 0 bridgehead atoms. The van der Waals surface area contributed by atoms with Crippen molar-refractivity contribution >= 4 is 6.08 Å². The molecule has 1 aliphatic heterocycles. The van der Waals surface area contributed by atoms with E-state index in [4.69, 9.17) is 18.9 Å². The lowest BCUT2D eigenvalue weighted by Crippen LogP contribution is -2.35. The maximum atomic E-state index is 6.14. The molecule has 26 heavy (non-hydrogen) atoms. The van der Waals surface area contributed by atoms with Gasteiger partial charge in [0.1, 0.15) is 5.75 Å². The van der Waals surface area contributed by atoms with Gasteiger partial charge in [-0.1, -0.05) is 50.2 Å². The predicted octanol–water partition coefficient (Wildman–Crippen LogP) is 4.75. The first kappa shape index (κ1) is 18.5. The molecule has 0 amide bonds. The fourth-order valence-corrected chi connectivity index (χ4v) is 2.90. The monoisotopic (exact) mass is 354 g/mol. The summed E-state index contributed by atoms with van der Waals surface area (Å²) in [4.78, 5) is 0. The van der Waals surface area contributed by atoms with Gasteiger partial charge in [-0.2, -0.15) is 0 Å². The molecule has 4 heteroatoms. The van der Waals surface area contributed by atoms with E-state index < -0.39 is 0 Å². The highest BCUT2D eigenvalue weighted by atomic mass is 16.7. The van der Waals surface area contributed by atoms with Crippen LogP contribution < -0.4 is 4.74 Å². The van der Waals surface area contributed by atoms with Crippen molar-refractivity contribution < 1.29 is 18.9 Å². The molecule has 1 heterocycles. The van der Waals surface area contributed by atoms with Gasteiger partial charge in [0.15, 0.2) is 6.29 Å². The summed E-state index contributed by atoms with van der Waals surface area (Å²) >= 11 is 0. The Bertz CT molecular complexity index is 731. The molecule has 0 N–H and O–H groups in total. The third-order valence-electron chi connectivity index (χ3n) is 4.36. The van der Waals surface area contributed by atoms with Gasteiger partial charge in [-0.05, 0) is 29.3 Å². The lowest BCUT2D eigenvalue weighted by Gasteiger charge is -2.29. The first-order valence-electron chi connectivity index (χ1n) is 8.85. The Kier molecular flexibility index (Phi) is 5.96. The highest BCUT2D eigenvalue weighted by Crippen LogP contribution is 2.32. The van der Waals surface area contributed by atoms with Crippen molar-refractivity contribution in [3.05, 3.63) is 60.4 Å². The molecular weight excluding hydrogens is 328 g/mol. The van der Waals surface area contributed by atoms with Crippen molar-refractivity contribution in [2.75, 3.05) is 26.9 Å². The zero-order valence-electron chi connectivity index (χ0n) is 15.6. The first-order valence-corrected chi connectivity index (χ1v) is 8.85. The summed E-state index contributed by atoms with van der Waals surface area (Å²) in [6.45, 7) is 5.96. The standard InChI is InChI=1S/C22H26O4/c1-22(2,21-24-13-14-25-21)16-26-20-10-9-18(15-19(20)11-12-23-3)17-7-5-4-6-8-17/h4-12,15,21H,13-14,16H2,1-3H3/b12-11-. The normalized spacial score (nSPS) is 15.5. The van der Waals surface area contributed by atoms with Gasteiger partial charge < -0.3 is 18.9 Å². The number of hydrogen-bond donors (Lipinski definition) is 0. The highest BCUT2D eigenvalue weighted by Gasteiger charge is 2.35. The molecule has 2 aromatic carbocycles. The number of benzene rings is 2. The molecule has 4 nitrogen and oxygen atoms in total. The van der Waals surface area contributed by atoms with Crippen LogP contribution in [0.3, 0.4) is 0 Å². The lowest BCUT2D eigenvalue weighted by molar-refractivity contribution is -0.131. The SMILES string of the molecule is CO/C=C\c1cc(-c2ccccc2)ccc1OCC(C)(C)C1OCCO1. The molecule has 0 atom stereocenters. The fourth-order valence-electron chi connectivity index (χ4n) is 2.90. The van der Waals surface area contributed by atoms with Crippen molar-refractivity contribution in [3.63, 3.8) is 0 Å². The average molecular weight is 354 g/mol. The minimum atomic E-state index is -0.239. The Morgan fingerprint density at radius 2 is 1.77 bits per heavy atom. The van der Waals surface area contributed by atoms with E-state index in [0.29, 0.717) is 19.8 Å². The van der Waals surface area contributed by atoms with Crippen molar-refractivity contribution in [1.82, 2.24) is 0 Å². The number of rotatable bonds is 7. The Morgan fingerprint density at radius 1 is 1.04 bits per heavy atom. The molecule has 0 unspecified atom stereocenters. The second-order valence-electron chi connectivity index (χ2n) is 7.01. The van der Waals surface area contributed by atoms with Gasteiger partial charge in [0.05, 0.1) is 33.2 Å². The number of ether oxygens (including phenoxy) is 4. The molecule has 1 saturated heterocycles. The lowest BCUT2D eigenvalue weighted by atomic mass is 9.94. The topological polar surface area (TPSA) is 36.9 Å². The van der Waals surface area contributed by atoms with Crippen LogP contribution in [0, 0.1) is 5.41 Å². The minimum Gasteiger partial charge on any atom is -0.504 e. The molecule has 0 spiro atoms. The second-order valence-corrected chi connectivity index (χ2v) is 7.01. The smallest absolute Gasteiger partial charge is 0.166 e. The molecule has 138 valence electrons. The summed E-state index contributed by atoms with van der Waals surface area (Å²) in [7, 11) is 1.63. The minimum absolute atomic E-state index is 0.232. The third-order valence-corrected chi connectivity index (χ3v) is 4.36. The second kappa shape index (κ2) is 8.39. The molecule has 0 saturated carbocycles. The number of hydrogen-bond acceptors (Lipinski definition) is 4. The van der Waals surface area contributed by atoms with Gasteiger partial charge in [0.25, 0.3) is 0 Å². The Balaban J connectivity index is 1.80. The fraction of sp³-hybridized carbons (Fsp3) is 0.364. The van der Waals surface area contributed by atoms with Gasteiger partial charge in [0, 0.05) is 11.0 Å². The van der Waals surface area contributed by atoms with E-state index in [1.807, 2.05) is 30.3 Å². The molecular formula is C22H26O4. The van der Waals surface area contributed by atoms with Crippen LogP contribution >= 0.6 is 0 Å². The van der Waals surface area contributed by atoms with E-state index in [2.05, 4.69) is 38.1 Å². The van der Waals surface area contributed by atoms with Crippen molar-refractivity contribution in [3.8, 4) is 16.9 Å². The van der Waals surface area contributed by atoms with Crippen LogP contribution in [-0.4, -0.2) is 33.2 Å². The van der Waals surface area contributed by atoms with Gasteiger partial charge in [0.2, 0.25) is 0 Å². The van der Waals surface area contributed by atoms with Crippen LogP contribution in [0.15, 0.2) is 54.8 Å². The Hall–Kier alpha value is -2.30. The van der Waals surface area contributed by atoms with E-state index in [-0.39, 0.29) is 11.7 Å². The van der Waals surface area contributed by atoms with E-state index in [0.717, 1.165) is 16.9 Å². The van der Waals surface area contributed by atoms with Crippen LogP contribution in [0.1, 0.15) is 19.4 Å². The maximum Gasteiger partial charge on any atom is 0.166 e.